The SMILES string of the molecule is CCn1cc(Cl)cc1C(=O)NCc1ccc2c(c1)CNC2. The van der Waals surface area contributed by atoms with Gasteiger partial charge in [0.25, 0.3) is 5.91 Å². The van der Waals surface area contributed by atoms with E-state index in [-0.39, 0.29) is 5.91 Å². The predicted octanol–water partition coefficient (Wildman–Crippen LogP) is 2.69. The third kappa shape index (κ3) is 2.96. The van der Waals surface area contributed by atoms with Crippen molar-refractivity contribution in [1.29, 1.82) is 0 Å². The molecule has 0 unspecified atom stereocenters. The second kappa shape index (κ2) is 5.92. The average Bonchev–Trinajstić information content (AvgIpc) is 3.09. The van der Waals surface area contributed by atoms with E-state index in [0.717, 1.165) is 25.2 Å². The molecular formula is C16H18ClN3O. The first kappa shape index (κ1) is 14.2. The van der Waals surface area contributed by atoms with Crippen LogP contribution in [0.1, 0.15) is 34.1 Å². The van der Waals surface area contributed by atoms with Crippen molar-refractivity contribution in [2.75, 3.05) is 0 Å². The standard InChI is InChI=1S/C16H18ClN3O/c1-2-20-10-14(17)6-15(20)16(21)19-7-11-3-4-12-8-18-9-13(12)5-11/h3-6,10,18H,2,7-9H2,1H3,(H,19,21). The number of fused-ring (bicyclic) bond motifs is 1. The maximum absolute atomic E-state index is 12.2. The molecule has 0 fully saturated rings. The Labute approximate surface area is 129 Å². The molecular weight excluding hydrogens is 286 g/mol. The van der Waals surface area contributed by atoms with E-state index in [0.29, 0.717) is 17.3 Å². The van der Waals surface area contributed by atoms with Crippen LogP contribution in [0, 0.1) is 0 Å². The van der Waals surface area contributed by atoms with Crippen LogP contribution in [0.4, 0.5) is 0 Å². The van der Waals surface area contributed by atoms with Crippen molar-refractivity contribution in [2.45, 2.75) is 33.1 Å². The Hall–Kier alpha value is -1.78. The van der Waals surface area contributed by atoms with Crippen LogP contribution in [-0.2, 0) is 26.2 Å². The first-order valence-corrected chi connectivity index (χ1v) is 7.50. The van der Waals surface area contributed by atoms with Crippen molar-refractivity contribution in [3.05, 3.63) is 57.9 Å². The van der Waals surface area contributed by atoms with Gasteiger partial charge in [-0.25, -0.2) is 0 Å². The normalized spacial score (nSPS) is 13.2. The van der Waals surface area contributed by atoms with Crippen LogP contribution in [0.5, 0.6) is 0 Å². The molecule has 0 atom stereocenters. The Bertz CT molecular complexity index is 678. The van der Waals surface area contributed by atoms with Crippen LogP contribution in [-0.4, -0.2) is 10.5 Å². The molecule has 0 radical (unpaired) electrons. The van der Waals surface area contributed by atoms with E-state index in [9.17, 15) is 4.79 Å². The predicted molar refractivity (Wildman–Crippen MR) is 83.3 cm³/mol. The molecule has 2 heterocycles. The molecule has 0 spiro atoms. The molecule has 1 aromatic heterocycles. The number of nitrogens with zero attached hydrogens (tertiary/aromatic N) is 1. The van der Waals surface area contributed by atoms with Crippen LogP contribution >= 0.6 is 11.6 Å². The van der Waals surface area contributed by atoms with Gasteiger partial charge in [0.05, 0.1) is 5.02 Å². The Kier molecular flexibility index (Phi) is 3.99. The number of carbonyl (C=O) groups is 1. The third-order valence-electron chi connectivity index (χ3n) is 3.79. The van der Waals surface area contributed by atoms with E-state index in [1.165, 1.54) is 11.1 Å². The van der Waals surface area contributed by atoms with E-state index in [4.69, 9.17) is 11.6 Å². The molecule has 110 valence electrons. The quantitative estimate of drug-likeness (QED) is 0.912. The van der Waals surface area contributed by atoms with E-state index in [1.54, 1.807) is 12.3 Å². The summed E-state index contributed by atoms with van der Waals surface area (Å²) >= 11 is 5.96. The number of nitrogens with one attached hydrogen (secondary N) is 2. The number of aryl methyl sites for hydroxylation is 1. The summed E-state index contributed by atoms with van der Waals surface area (Å²) in [5, 5.41) is 6.86. The van der Waals surface area contributed by atoms with Gasteiger partial charge >= 0.3 is 0 Å². The van der Waals surface area contributed by atoms with Crippen molar-refractivity contribution < 1.29 is 4.79 Å². The highest BCUT2D eigenvalue weighted by molar-refractivity contribution is 6.31. The van der Waals surface area contributed by atoms with Crippen LogP contribution in [0.3, 0.4) is 0 Å². The lowest BCUT2D eigenvalue weighted by molar-refractivity contribution is 0.0941. The lowest BCUT2D eigenvalue weighted by Crippen LogP contribution is -2.25. The zero-order valence-electron chi connectivity index (χ0n) is 11.9. The number of hydrogen-bond acceptors (Lipinski definition) is 2. The zero-order chi connectivity index (χ0) is 14.8. The molecule has 1 aliphatic heterocycles. The smallest absolute Gasteiger partial charge is 0.268 e. The summed E-state index contributed by atoms with van der Waals surface area (Å²) in [6, 6.07) is 8.05. The summed E-state index contributed by atoms with van der Waals surface area (Å²) in [6.07, 6.45) is 1.78. The molecule has 0 saturated carbocycles. The first-order valence-electron chi connectivity index (χ1n) is 7.12. The van der Waals surface area contributed by atoms with Crippen molar-refractivity contribution >= 4 is 17.5 Å². The summed E-state index contributed by atoms with van der Waals surface area (Å²) in [4.78, 5) is 12.2. The monoisotopic (exact) mass is 303 g/mol. The molecule has 2 aromatic rings. The fraction of sp³-hybridized carbons (Fsp3) is 0.312. The van der Waals surface area contributed by atoms with Gasteiger partial charge in [-0.15, -0.1) is 0 Å². The third-order valence-corrected chi connectivity index (χ3v) is 4.00. The Morgan fingerprint density at radius 3 is 2.95 bits per heavy atom. The Morgan fingerprint density at radius 2 is 2.14 bits per heavy atom. The van der Waals surface area contributed by atoms with Gasteiger partial charge in [0.2, 0.25) is 0 Å². The second-order valence-corrected chi connectivity index (χ2v) is 5.66. The number of hydrogen-bond donors (Lipinski definition) is 2. The maximum atomic E-state index is 12.2. The van der Waals surface area contributed by atoms with Gasteiger partial charge in [-0.05, 0) is 29.7 Å². The molecule has 1 aromatic carbocycles. The minimum absolute atomic E-state index is 0.0950. The van der Waals surface area contributed by atoms with E-state index >= 15 is 0 Å². The first-order chi connectivity index (χ1) is 10.2. The second-order valence-electron chi connectivity index (χ2n) is 5.22. The van der Waals surface area contributed by atoms with E-state index in [1.807, 2.05) is 11.5 Å². The van der Waals surface area contributed by atoms with E-state index in [2.05, 4.69) is 28.8 Å². The Balaban J connectivity index is 1.68. The molecule has 0 bridgehead atoms. The highest BCUT2D eigenvalue weighted by Crippen LogP contribution is 2.17. The summed E-state index contributed by atoms with van der Waals surface area (Å²) < 4.78 is 1.85. The van der Waals surface area contributed by atoms with Gasteiger partial charge < -0.3 is 15.2 Å². The van der Waals surface area contributed by atoms with Gasteiger partial charge in [0.1, 0.15) is 5.69 Å². The van der Waals surface area contributed by atoms with Crippen molar-refractivity contribution in [3.8, 4) is 0 Å². The van der Waals surface area contributed by atoms with Crippen LogP contribution in [0.15, 0.2) is 30.5 Å². The lowest BCUT2D eigenvalue weighted by Gasteiger charge is -2.09. The minimum Gasteiger partial charge on any atom is -0.347 e. The van der Waals surface area contributed by atoms with Crippen LogP contribution in [0.25, 0.3) is 0 Å². The highest BCUT2D eigenvalue weighted by atomic mass is 35.5. The number of halogens is 1. The number of aromatic nitrogens is 1. The maximum Gasteiger partial charge on any atom is 0.268 e. The molecule has 0 saturated heterocycles. The fourth-order valence-electron chi connectivity index (χ4n) is 2.66. The molecule has 4 nitrogen and oxygen atoms in total. The van der Waals surface area contributed by atoms with Gasteiger partial charge in [-0.3, -0.25) is 4.79 Å². The number of carbonyl (C=O) groups excluding carboxylic acids is 1. The van der Waals surface area contributed by atoms with Crippen molar-refractivity contribution in [1.82, 2.24) is 15.2 Å². The zero-order valence-corrected chi connectivity index (χ0v) is 12.7. The average molecular weight is 304 g/mol. The van der Waals surface area contributed by atoms with Crippen molar-refractivity contribution in [2.24, 2.45) is 0 Å². The molecule has 21 heavy (non-hydrogen) atoms. The summed E-state index contributed by atoms with van der Waals surface area (Å²) in [5.41, 5.74) is 4.38. The molecule has 5 heteroatoms. The molecule has 1 aliphatic rings. The number of amides is 1. The summed E-state index contributed by atoms with van der Waals surface area (Å²) in [7, 11) is 0. The summed E-state index contributed by atoms with van der Waals surface area (Å²) in [5.74, 6) is -0.0950. The van der Waals surface area contributed by atoms with Gasteiger partial charge in [0.15, 0.2) is 0 Å². The van der Waals surface area contributed by atoms with E-state index < -0.39 is 0 Å². The van der Waals surface area contributed by atoms with Crippen LogP contribution < -0.4 is 10.6 Å². The Morgan fingerprint density at radius 1 is 1.33 bits per heavy atom. The van der Waals surface area contributed by atoms with Gasteiger partial charge in [-0.1, -0.05) is 29.8 Å². The number of benzene rings is 1. The molecule has 1 amide bonds. The van der Waals surface area contributed by atoms with Crippen molar-refractivity contribution in [3.63, 3.8) is 0 Å². The molecule has 0 aliphatic carbocycles. The number of rotatable bonds is 4. The summed E-state index contributed by atoms with van der Waals surface area (Å²) in [6.45, 7) is 5.08. The largest absolute Gasteiger partial charge is 0.347 e. The minimum atomic E-state index is -0.0950. The fourth-order valence-corrected chi connectivity index (χ4v) is 2.88. The topological polar surface area (TPSA) is 46.1 Å². The molecule has 3 rings (SSSR count). The lowest BCUT2D eigenvalue weighted by atomic mass is 10.1. The highest BCUT2D eigenvalue weighted by Gasteiger charge is 2.13. The van der Waals surface area contributed by atoms with Gasteiger partial charge in [-0.2, -0.15) is 0 Å². The van der Waals surface area contributed by atoms with Gasteiger partial charge in [0, 0.05) is 32.4 Å². The molecule has 2 N–H and O–H groups in total. The van der Waals surface area contributed by atoms with Crippen LogP contribution in [0.2, 0.25) is 5.02 Å².